The highest BCUT2D eigenvalue weighted by molar-refractivity contribution is 5.96. The summed E-state index contributed by atoms with van der Waals surface area (Å²) in [6.07, 6.45) is 9.41. The van der Waals surface area contributed by atoms with Crippen LogP contribution in [-0.4, -0.2) is 54.4 Å². The molecule has 1 aliphatic heterocycles. The number of hydrogen-bond acceptors (Lipinski definition) is 3. The van der Waals surface area contributed by atoms with E-state index >= 15 is 0 Å². The van der Waals surface area contributed by atoms with Crippen molar-refractivity contribution in [3.8, 4) is 5.75 Å². The molecule has 0 spiro atoms. The van der Waals surface area contributed by atoms with Gasteiger partial charge in [0.05, 0.1) is 11.6 Å². The summed E-state index contributed by atoms with van der Waals surface area (Å²) in [5.41, 5.74) is 0.608. The molecule has 1 aliphatic carbocycles. The number of fused-ring (bicyclic) bond motifs is 1. The molecular formula is C26H40N2O3. The maximum absolute atomic E-state index is 13.4. The van der Waals surface area contributed by atoms with Crippen molar-refractivity contribution in [2.75, 3.05) is 26.7 Å². The maximum Gasteiger partial charge on any atom is 0.257 e. The second kappa shape index (κ2) is 11.5. The van der Waals surface area contributed by atoms with E-state index in [-0.39, 0.29) is 17.9 Å². The second-order valence-corrected chi connectivity index (χ2v) is 9.82. The highest BCUT2D eigenvalue weighted by Crippen LogP contribution is 2.29. The predicted octanol–water partition coefficient (Wildman–Crippen LogP) is 5.14. The van der Waals surface area contributed by atoms with Gasteiger partial charge in [0.2, 0.25) is 5.91 Å². The summed E-state index contributed by atoms with van der Waals surface area (Å²) in [4.78, 5) is 30.2. The largest absolute Gasteiger partial charge is 0.491 e. The van der Waals surface area contributed by atoms with Crippen molar-refractivity contribution in [2.45, 2.75) is 77.7 Å². The second-order valence-electron chi connectivity index (χ2n) is 9.82. The normalized spacial score (nSPS) is 21.8. The van der Waals surface area contributed by atoms with Crippen molar-refractivity contribution in [2.24, 2.45) is 11.8 Å². The molecule has 172 valence electrons. The minimum absolute atomic E-state index is 0.00409. The third-order valence-electron chi connectivity index (χ3n) is 6.73. The van der Waals surface area contributed by atoms with E-state index in [1.165, 1.54) is 25.7 Å². The minimum atomic E-state index is 0.00409. The van der Waals surface area contributed by atoms with Gasteiger partial charge in [-0.3, -0.25) is 9.59 Å². The van der Waals surface area contributed by atoms with Gasteiger partial charge in [0, 0.05) is 26.6 Å². The Labute approximate surface area is 188 Å². The minimum Gasteiger partial charge on any atom is -0.491 e. The first-order chi connectivity index (χ1) is 15.0. The Balaban J connectivity index is 1.83. The summed E-state index contributed by atoms with van der Waals surface area (Å²) in [5, 5.41) is 0. The van der Waals surface area contributed by atoms with E-state index in [1.54, 1.807) is 4.90 Å². The van der Waals surface area contributed by atoms with Crippen LogP contribution in [0.4, 0.5) is 0 Å². The molecule has 0 unspecified atom stereocenters. The summed E-state index contributed by atoms with van der Waals surface area (Å²) in [7, 11) is 1.86. The predicted molar refractivity (Wildman–Crippen MR) is 124 cm³/mol. The molecule has 0 N–H and O–H groups in total. The van der Waals surface area contributed by atoms with Gasteiger partial charge >= 0.3 is 0 Å². The lowest BCUT2D eigenvalue weighted by atomic mass is 9.99. The quantitative estimate of drug-likeness (QED) is 0.667. The summed E-state index contributed by atoms with van der Waals surface area (Å²) in [5.74, 6) is 1.93. The fraction of sp³-hybridized carbons (Fsp3) is 0.692. The van der Waals surface area contributed by atoms with E-state index < -0.39 is 0 Å². The van der Waals surface area contributed by atoms with Crippen LogP contribution < -0.4 is 4.74 Å². The first-order valence-corrected chi connectivity index (χ1v) is 12.2. The van der Waals surface area contributed by atoms with Crippen molar-refractivity contribution in [3.63, 3.8) is 0 Å². The molecule has 2 aliphatic rings. The average molecular weight is 429 g/mol. The SMILES string of the molecule is CC(C)C[C@H]1COc2ccccc2C(=O)N(C)CCCCCN1C(=O)CC1CCCC1. The fourth-order valence-electron chi connectivity index (χ4n) is 4.99. The standard InChI is InChI=1S/C26H40N2O3/c1-20(2)17-22-19-31-24-14-8-7-13-23(24)26(30)27(3)15-9-4-10-16-28(22)25(29)18-21-11-5-6-12-21/h7-8,13-14,20-22H,4-6,9-12,15-19H2,1-3H3/t22-/m0/s1. The van der Waals surface area contributed by atoms with Gasteiger partial charge in [0.25, 0.3) is 5.91 Å². The van der Waals surface area contributed by atoms with Crippen LogP contribution in [0, 0.1) is 11.8 Å². The Morgan fingerprint density at radius 2 is 1.77 bits per heavy atom. The smallest absolute Gasteiger partial charge is 0.257 e. The van der Waals surface area contributed by atoms with Gasteiger partial charge in [-0.15, -0.1) is 0 Å². The topological polar surface area (TPSA) is 49.9 Å². The first-order valence-electron chi connectivity index (χ1n) is 12.2. The molecule has 1 heterocycles. The molecule has 31 heavy (non-hydrogen) atoms. The number of hydrogen-bond donors (Lipinski definition) is 0. The molecule has 2 amide bonds. The summed E-state index contributed by atoms with van der Waals surface area (Å²) >= 11 is 0. The van der Waals surface area contributed by atoms with Crippen LogP contribution >= 0.6 is 0 Å². The van der Waals surface area contributed by atoms with E-state index in [1.807, 2.05) is 31.3 Å². The zero-order valence-electron chi connectivity index (χ0n) is 19.6. The van der Waals surface area contributed by atoms with E-state index in [0.29, 0.717) is 36.2 Å². The van der Waals surface area contributed by atoms with E-state index in [0.717, 1.165) is 38.8 Å². The lowest BCUT2D eigenvalue weighted by Gasteiger charge is -2.34. The number of nitrogens with zero attached hydrogens (tertiary/aromatic N) is 2. The summed E-state index contributed by atoms with van der Waals surface area (Å²) < 4.78 is 6.24. The zero-order valence-corrected chi connectivity index (χ0v) is 19.6. The van der Waals surface area contributed by atoms with Crippen molar-refractivity contribution < 1.29 is 14.3 Å². The van der Waals surface area contributed by atoms with Gasteiger partial charge in [0.1, 0.15) is 12.4 Å². The average Bonchev–Trinajstić information content (AvgIpc) is 3.25. The van der Waals surface area contributed by atoms with E-state index in [2.05, 4.69) is 18.7 Å². The molecule has 0 saturated heterocycles. The van der Waals surface area contributed by atoms with Gasteiger partial charge in [-0.2, -0.15) is 0 Å². The highest BCUT2D eigenvalue weighted by atomic mass is 16.5. The van der Waals surface area contributed by atoms with Crippen LogP contribution in [0.2, 0.25) is 0 Å². The van der Waals surface area contributed by atoms with Gasteiger partial charge in [-0.05, 0) is 62.5 Å². The van der Waals surface area contributed by atoms with Gasteiger partial charge < -0.3 is 14.5 Å². The summed E-state index contributed by atoms with van der Waals surface area (Å²) in [6, 6.07) is 7.54. The van der Waals surface area contributed by atoms with Crippen molar-refractivity contribution in [3.05, 3.63) is 29.8 Å². The van der Waals surface area contributed by atoms with Crippen LogP contribution in [-0.2, 0) is 4.79 Å². The lowest BCUT2D eigenvalue weighted by Crippen LogP contribution is -2.45. The highest BCUT2D eigenvalue weighted by Gasteiger charge is 2.29. The molecular weight excluding hydrogens is 388 g/mol. The molecule has 0 aromatic heterocycles. The van der Waals surface area contributed by atoms with Gasteiger partial charge in [-0.25, -0.2) is 0 Å². The van der Waals surface area contributed by atoms with E-state index in [4.69, 9.17) is 4.74 Å². The molecule has 0 radical (unpaired) electrons. The molecule has 1 aromatic carbocycles. The van der Waals surface area contributed by atoms with Crippen LogP contribution in [0.15, 0.2) is 24.3 Å². The molecule has 3 rings (SSSR count). The molecule has 5 heteroatoms. The van der Waals surface area contributed by atoms with Crippen LogP contribution in [0.3, 0.4) is 0 Å². The molecule has 5 nitrogen and oxygen atoms in total. The third kappa shape index (κ3) is 6.72. The molecule has 1 atom stereocenters. The van der Waals surface area contributed by atoms with Crippen molar-refractivity contribution >= 4 is 11.8 Å². The zero-order chi connectivity index (χ0) is 22.2. The van der Waals surface area contributed by atoms with Crippen LogP contribution in [0.25, 0.3) is 0 Å². The Morgan fingerprint density at radius 3 is 2.52 bits per heavy atom. The van der Waals surface area contributed by atoms with Gasteiger partial charge in [-0.1, -0.05) is 38.8 Å². The van der Waals surface area contributed by atoms with Crippen molar-refractivity contribution in [1.82, 2.24) is 9.80 Å². The number of para-hydroxylation sites is 1. The van der Waals surface area contributed by atoms with Gasteiger partial charge in [0.15, 0.2) is 0 Å². The number of rotatable bonds is 4. The number of carbonyl (C=O) groups is 2. The Bertz CT molecular complexity index is 727. The Kier molecular flexibility index (Phi) is 8.79. The number of carbonyl (C=O) groups excluding carboxylic acids is 2. The molecule has 1 saturated carbocycles. The molecule has 1 aromatic rings. The monoisotopic (exact) mass is 428 g/mol. The fourth-order valence-corrected chi connectivity index (χ4v) is 4.99. The lowest BCUT2D eigenvalue weighted by molar-refractivity contribution is -0.135. The number of ether oxygens (including phenoxy) is 1. The van der Waals surface area contributed by atoms with Crippen molar-refractivity contribution in [1.29, 1.82) is 0 Å². The molecule has 0 bridgehead atoms. The number of amides is 2. The van der Waals surface area contributed by atoms with Crippen LogP contribution in [0.5, 0.6) is 5.75 Å². The van der Waals surface area contributed by atoms with Crippen LogP contribution in [0.1, 0.15) is 82.0 Å². The Hall–Kier alpha value is -2.04. The van der Waals surface area contributed by atoms with E-state index in [9.17, 15) is 9.59 Å². The summed E-state index contributed by atoms with van der Waals surface area (Å²) in [6.45, 7) is 6.34. The molecule has 1 fully saturated rings. The third-order valence-corrected chi connectivity index (χ3v) is 6.73. The maximum atomic E-state index is 13.4. The Morgan fingerprint density at radius 1 is 1.06 bits per heavy atom. The number of benzene rings is 1. The first kappa shape index (κ1) is 23.6.